The summed E-state index contributed by atoms with van der Waals surface area (Å²) in [6.45, 7) is 4.52. The van der Waals surface area contributed by atoms with E-state index >= 15 is 0 Å². The molecule has 0 saturated heterocycles. The Morgan fingerprint density at radius 1 is 1.50 bits per heavy atom. The maximum atomic E-state index is 4.49. The Kier molecular flexibility index (Phi) is 4.89. The summed E-state index contributed by atoms with van der Waals surface area (Å²) in [5.74, 6) is 0.788. The molecule has 1 aromatic rings. The molecule has 1 aromatic heterocycles. The average molecular weight is 277 g/mol. The Balaban J connectivity index is 2.45. The highest BCUT2D eigenvalue weighted by Crippen LogP contribution is 2.29. The summed E-state index contributed by atoms with van der Waals surface area (Å²) in [4.78, 5) is 4.49. The van der Waals surface area contributed by atoms with Crippen molar-refractivity contribution in [2.45, 2.75) is 33.1 Å². The quantitative estimate of drug-likeness (QED) is 0.882. The van der Waals surface area contributed by atoms with Crippen molar-refractivity contribution in [2.75, 3.05) is 12.4 Å². The van der Waals surface area contributed by atoms with Gasteiger partial charge in [0.2, 0.25) is 0 Å². The Labute approximate surface area is 98.3 Å². The molecule has 0 atom stereocenters. The summed E-state index contributed by atoms with van der Waals surface area (Å²) >= 11 is 5.21. The van der Waals surface area contributed by atoms with E-state index in [0.717, 1.165) is 17.5 Å². The first-order valence-electron chi connectivity index (χ1n) is 4.96. The molecule has 1 heterocycles. The molecule has 14 heavy (non-hydrogen) atoms. The second-order valence-electron chi connectivity index (χ2n) is 3.78. The first kappa shape index (κ1) is 12.0. The lowest BCUT2D eigenvalue weighted by atomic mass is 10.1. The third kappa shape index (κ3) is 3.58. The molecule has 0 amide bonds. The number of aromatic nitrogens is 1. The normalized spacial score (nSPS) is 10.9. The molecule has 0 bridgehead atoms. The Bertz CT molecular complexity index is 284. The number of halogens is 1. The molecule has 0 aromatic carbocycles. The molecular formula is C10H17BrN2S. The van der Waals surface area contributed by atoms with Crippen molar-refractivity contribution in [2.24, 2.45) is 5.92 Å². The summed E-state index contributed by atoms with van der Waals surface area (Å²) in [5.41, 5.74) is 1.19. The van der Waals surface area contributed by atoms with Crippen molar-refractivity contribution < 1.29 is 0 Å². The van der Waals surface area contributed by atoms with Crippen molar-refractivity contribution in [3.63, 3.8) is 0 Å². The fourth-order valence-electron chi connectivity index (χ4n) is 1.27. The van der Waals surface area contributed by atoms with Gasteiger partial charge in [-0.25, -0.2) is 4.98 Å². The van der Waals surface area contributed by atoms with Crippen LogP contribution in [0.25, 0.3) is 0 Å². The Hall–Kier alpha value is -0.0900. The minimum Gasteiger partial charge on any atom is -0.365 e. The number of rotatable bonds is 5. The SMILES string of the molecule is CNc1nc(CCCC(C)C)c(Br)s1. The van der Waals surface area contributed by atoms with Gasteiger partial charge >= 0.3 is 0 Å². The first-order chi connectivity index (χ1) is 6.63. The van der Waals surface area contributed by atoms with Gasteiger partial charge in [-0.05, 0) is 34.7 Å². The van der Waals surface area contributed by atoms with Crippen LogP contribution in [0.3, 0.4) is 0 Å². The van der Waals surface area contributed by atoms with E-state index in [1.807, 2.05) is 7.05 Å². The summed E-state index contributed by atoms with van der Waals surface area (Å²) < 4.78 is 1.17. The maximum absolute atomic E-state index is 4.49. The zero-order valence-corrected chi connectivity index (χ0v) is 11.3. The van der Waals surface area contributed by atoms with E-state index in [0.29, 0.717) is 0 Å². The largest absolute Gasteiger partial charge is 0.365 e. The Morgan fingerprint density at radius 2 is 2.21 bits per heavy atom. The smallest absolute Gasteiger partial charge is 0.183 e. The highest BCUT2D eigenvalue weighted by atomic mass is 79.9. The molecule has 0 saturated carbocycles. The molecule has 0 aliphatic heterocycles. The fourth-order valence-corrected chi connectivity index (χ4v) is 2.71. The summed E-state index contributed by atoms with van der Waals surface area (Å²) in [7, 11) is 1.91. The summed E-state index contributed by atoms with van der Waals surface area (Å²) in [5, 5.41) is 4.06. The van der Waals surface area contributed by atoms with Gasteiger partial charge in [0.15, 0.2) is 5.13 Å². The predicted octanol–water partition coefficient (Wildman–Crippen LogP) is 3.93. The molecule has 1 N–H and O–H groups in total. The topological polar surface area (TPSA) is 24.9 Å². The van der Waals surface area contributed by atoms with Crippen LogP contribution >= 0.6 is 27.3 Å². The second kappa shape index (κ2) is 5.71. The molecule has 0 aliphatic rings. The van der Waals surface area contributed by atoms with Crippen LogP contribution < -0.4 is 5.32 Å². The molecule has 0 aliphatic carbocycles. The van der Waals surface area contributed by atoms with Crippen molar-refractivity contribution in [3.05, 3.63) is 9.48 Å². The predicted molar refractivity (Wildman–Crippen MR) is 67.1 cm³/mol. The third-order valence-electron chi connectivity index (χ3n) is 2.06. The summed E-state index contributed by atoms with van der Waals surface area (Å²) in [6.07, 6.45) is 3.58. The van der Waals surface area contributed by atoms with Gasteiger partial charge in [0.25, 0.3) is 0 Å². The highest BCUT2D eigenvalue weighted by molar-refractivity contribution is 9.11. The van der Waals surface area contributed by atoms with Crippen molar-refractivity contribution in [3.8, 4) is 0 Å². The molecule has 0 spiro atoms. The van der Waals surface area contributed by atoms with Crippen LogP contribution in [-0.2, 0) is 6.42 Å². The summed E-state index contributed by atoms with van der Waals surface area (Å²) in [6, 6.07) is 0. The van der Waals surface area contributed by atoms with E-state index in [4.69, 9.17) is 0 Å². The molecule has 80 valence electrons. The van der Waals surface area contributed by atoms with Crippen LogP contribution in [0.2, 0.25) is 0 Å². The number of nitrogens with one attached hydrogen (secondary N) is 1. The van der Waals surface area contributed by atoms with Crippen LogP contribution in [-0.4, -0.2) is 12.0 Å². The number of hydrogen-bond donors (Lipinski definition) is 1. The van der Waals surface area contributed by atoms with E-state index in [1.165, 1.54) is 22.3 Å². The van der Waals surface area contributed by atoms with Crippen LogP contribution in [0.1, 0.15) is 32.4 Å². The number of aryl methyl sites for hydroxylation is 1. The van der Waals surface area contributed by atoms with Gasteiger partial charge < -0.3 is 5.32 Å². The molecule has 0 radical (unpaired) electrons. The van der Waals surface area contributed by atoms with Crippen LogP contribution in [0.15, 0.2) is 3.79 Å². The highest BCUT2D eigenvalue weighted by Gasteiger charge is 2.07. The molecular weight excluding hydrogens is 260 g/mol. The molecule has 4 heteroatoms. The van der Waals surface area contributed by atoms with E-state index in [-0.39, 0.29) is 0 Å². The van der Waals surface area contributed by atoms with Crippen molar-refractivity contribution in [1.82, 2.24) is 4.98 Å². The molecule has 1 rings (SSSR count). The zero-order valence-electron chi connectivity index (χ0n) is 8.93. The first-order valence-corrected chi connectivity index (χ1v) is 6.57. The van der Waals surface area contributed by atoms with E-state index < -0.39 is 0 Å². The van der Waals surface area contributed by atoms with Gasteiger partial charge in [-0.15, -0.1) is 0 Å². The molecule has 0 fully saturated rings. The molecule has 2 nitrogen and oxygen atoms in total. The Morgan fingerprint density at radius 3 is 2.71 bits per heavy atom. The number of hydrogen-bond acceptors (Lipinski definition) is 3. The zero-order chi connectivity index (χ0) is 10.6. The molecule has 0 unspecified atom stereocenters. The second-order valence-corrected chi connectivity index (χ2v) is 6.09. The average Bonchev–Trinajstić information content (AvgIpc) is 2.47. The lowest BCUT2D eigenvalue weighted by molar-refractivity contribution is 0.553. The van der Waals surface area contributed by atoms with Crippen LogP contribution in [0.4, 0.5) is 5.13 Å². The maximum Gasteiger partial charge on any atom is 0.183 e. The lowest BCUT2D eigenvalue weighted by Gasteiger charge is -2.02. The number of nitrogens with zero attached hydrogens (tertiary/aromatic N) is 1. The number of anilines is 1. The standard InChI is InChI=1S/C10H17BrN2S/c1-7(2)5-4-6-8-9(11)14-10(12-3)13-8/h7H,4-6H2,1-3H3,(H,12,13). The van der Waals surface area contributed by atoms with E-state index in [9.17, 15) is 0 Å². The van der Waals surface area contributed by atoms with Gasteiger partial charge in [0.05, 0.1) is 9.48 Å². The van der Waals surface area contributed by atoms with E-state index in [1.54, 1.807) is 11.3 Å². The monoisotopic (exact) mass is 276 g/mol. The van der Waals surface area contributed by atoms with Gasteiger partial charge in [-0.1, -0.05) is 31.6 Å². The lowest BCUT2D eigenvalue weighted by Crippen LogP contribution is -1.93. The van der Waals surface area contributed by atoms with Gasteiger partial charge in [-0.3, -0.25) is 0 Å². The van der Waals surface area contributed by atoms with Crippen LogP contribution in [0, 0.1) is 5.92 Å². The van der Waals surface area contributed by atoms with E-state index in [2.05, 4.69) is 40.1 Å². The van der Waals surface area contributed by atoms with Gasteiger partial charge in [-0.2, -0.15) is 0 Å². The van der Waals surface area contributed by atoms with Crippen molar-refractivity contribution in [1.29, 1.82) is 0 Å². The van der Waals surface area contributed by atoms with Gasteiger partial charge in [0, 0.05) is 7.05 Å². The van der Waals surface area contributed by atoms with Gasteiger partial charge in [0.1, 0.15) is 0 Å². The minimum absolute atomic E-state index is 0.788. The van der Waals surface area contributed by atoms with Crippen LogP contribution in [0.5, 0.6) is 0 Å². The number of thiazole rings is 1. The fraction of sp³-hybridized carbons (Fsp3) is 0.700. The minimum atomic E-state index is 0.788. The third-order valence-corrected chi connectivity index (χ3v) is 3.91. The van der Waals surface area contributed by atoms with Crippen molar-refractivity contribution >= 4 is 32.4 Å².